The van der Waals surface area contributed by atoms with Crippen LogP contribution < -0.4 is 0 Å². The Bertz CT molecular complexity index is 919. The van der Waals surface area contributed by atoms with Crippen molar-refractivity contribution in [3.63, 3.8) is 0 Å². The molecule has 1 fully saturated rings. The summed E-state index contributed by atoms with van der Waals surface area (Å²) in [6.45, 7) is 5.37. The molecule has 0 N–H and O–H groups in total. The molecular formula is C23H28N6O. The first-order valence-electron chi connectivity index (χ1n) is 10.7. The molecule has 2 heterocycles. The van der Waals surface area contributed by atoms with Crippen molar-refractivity contribution in [3.8, 4) is 11.4 Å². The van der Waals surface area contributed by atoms with Crippen molar-refractivity contribution in [1.82, 2.24) is 30.0 Å². The molecule has 0 aliphatic carbocycles. The summed E-state index contributed by atoms with van der Waals surface area (Å²) in [4.78, 5) is 18.6. The van der Waals surface area contributed by atoms with E-state index in [1.165, 1.54) is 0 Å². The maximum atomic E-state index is 12.5. The Labute approximate surface area is 177 Å². The fourth-order valence-electron chi connectivity index (χ4n) is 3.74. The molecule has 3 aromatic rings. The first-order chi connectivity index (χ1) is 14.8. The molecule has 0 saturated carbocycles. The fraction of sp³-hybridized carbons (Fsp3) is 0.391. The molecule has 1 aromatic heterocycles. The largest absolute Gasteiger partial charge is 0.336 e. The van der Waals surface area contributed by atoms with Gasteiger partial charge in [0.2, 0.25) is 5.82 Å². The van der Waals surface area contributed by atoms with Crippen molar-refractivity contribution in [1.29, 1.82) is 0 Å². The van der Waals surface area contributed by atoms with Gasteiger partial charge in [-0.05, 0) is 36.7 Å². The zero-order valence-corrected chi connectivity index (χ0v) is 17.2. The first-order valence-corrected chi connectivity index (χ1v) is 10.7. The molecule has 7 heteroatoms. The van der Waals surface area contributed by atoms with Gasteiger partial charge < -0.3 is 4.90 Å². The summed E-state index contributed by atoms with van der Waals surface area (Å²) >= 11 is 0. The number of piperazine rings is 1. The van der Waals surface area contributed by atoms with Crippen LogP contribution in [-0.4, -0.2) is 68.6 Å². The van der Waals surface area contributed by atoms with E-state index in [2.05, 4.69) is 20.3 Å². The van der Waals surface area contributed by atoms with Gasteiger partial charge in [-0.1, -0.05) is 55.0 Å². The summed E-state index contributed by atoms with van der Waals surface area (Å²) in [6.07, 6.45) is 3.31. The van der Waals surface area contributed by atoms with Crippen LogP contribution in [0.5, 0.6) is 0 Å². The number of rotatable bonds is 8. The van der Waals surface area contributed by atoms with Crippen molar-refractivity contribution in [2.75, 3.05) is 32.7 Å². The number of benzene rings is 2. The zero-order chi connectivity index (χ0) is 20.6. The van der Waals surface area contributed by atoms with Crippen LogP contribution in [0.2, 0.25) is 0 Å². The van der Waals surface area contributed by atoms with E-state index in [1.54, 1.807) is 4.80 Å². The molecule has 1 aliphatic rings. The van der Waals surface area contributed by atoms with Crippen molar-refractivity contribution in [3.05, 3.63) is 66.2 Å². The predicted molar refractivity (Wildman–Crippen MR) is 116 cm³/mol. The van der Waals surface area contributed by atoms with E-state index in [0.717, 1.165) is 69.7 Å². The highest BCUT2D eigenvalue weighted by Crippen LogP contribution is 2.13. The lowest BCUT2D eigenvalue weighted by Gasteiger charge is -2.34. The molecule has 0 bridgehead atoms. The van der Waals surface area contributed by atoms with Crippen LogP contribution in [0, 0.1) is 0 Å². The number of amides is 1. The molecule has 0 radical (unpaired) electrons. The van der Waals surface area contributed by atoms with Gasteiger partial charge >= 0.3 is 0 Å². The molecule has 0 atom stereocenters. The highest BCUT2D eigenvalue weighted by atomic mass is 16.2. The van der Waals surface area contributed by atoms with Gasteiger partial charge in [0.05, 0.1) is 6.54 Å². The van der Waals surface area contributed by atoms with E-state index in [1.807, 2.05) is 65.6 Å². The number of hydrogen-bond acceptors (Lipinski definition) is 5. The molecule has 30 heavy (non-hydrogen) atoms. The monoisotopic (exact) mass is 404 g/mol. The number of carbonyl (C=O) groups excluding carboxylic acids is 1. The summed E-state index contributed by atoms with van der Waals surface area (Å²) in [7, 11) is 0. The van der Waals surface area contributed by atoms with Gasteiger partial charge in [-0.25, -0.2) is 0 Å². The van der Waals surface area contributed by atoms with Crippen LogP contribution in [0.1, 0.15) is 29.6 Å². The van der Waals surface area contributed by atoms with Gasteiger partial charge in [0.15, 0.2) is 0 Å². The van der Waals surface area contributed by atoms with Gasteiger partial charge in [0, 0.05) is 37.3 Å². The predicted octanol–water partition coefficient (Wildman–Crippen LogP) is 2.97. The smallest absolute Gasteiger partial charge is 0.253 e. The normalized spacial score (nSPS) is 14.7. The van der Waals surface area contributed by atoms with Gasteiger partial charge in [-0.3, -0.25) is 9.69 Å². The second-order valence-electron chi connectivity index (χ2n) is 7.64. The Balaban J connectivity index is 1.12. The van der Waals surface area contributed by atoms with E-state index in [9.17, 15) is 4.79 Å². The molecule has 4 rings (SSSR count). The van der Waals surface area contributed by atoms with Crippen LogP contribution in [0.15, 0.2) is 60.7 Å². The number of unbranched alkanes of at least 4 members (excludes halogenated alkanes) is 2. The number of nitrogens with zero attached hydrogens (tertiary/aromatic N) is 6. The number of aryl methyl sites for hydroxylation is 1. The minimum atomic E-state index is 0.144. The Morgan fingerprint density at radius 1 is 0.800 bits per heavy atom. The summed E-state index contributed by atoms with van der Waals surface area (Å²) in [6, 6.07) is 19.5. The molecule has 0 spiro atoms. The third-order valence-electron chi connectivity index (χ3n) is 5.50. The molecule has 1 amide bonds. The van der Waals surface area contributed by atoms with Crippen molar-refractivity contribution >= 4 is 5.91 Å². The van der Waals surface area contributed by atoms with E-state index < -0.39 is 0 Å². The third kappa shape index (κ3) is 5.30. The Morgan fingerprint density at radius 3 is 2.20 bits per heavy atom. The maximum Gasteiger partial charge on any atom is 0.253 e. The topological polar surface area (TPSA) is 67.2 Å². The fourth-order valence-corrected chi connectivity index (χ4v) is 3.74. The molecular weight excluding hydrogens is 376 g/mol. The summed E-state index contributed by atoms with van der Waals surface area (Å²) in [5.74, 6) is 0.823. The Hall–Kier alpha value is -3.06. The molecule has 2 aromatic carbocycles. The number of aromatic nitrogens is 4. The van der Waals surface area contributed by atoms with Crippen LogP contribution in [0.25, 0.3) is 11.4 Å². The Kier molecular flexibility index (Phi) is 6.82. The highest BCUT2D eigenvalue weighted by Gasteiger charge is 2.21. The van der Waals surface area contributed by atoms with Crippen molar-refractivity contribution in [2.45, 2.75) is 25.8 Å². The second kappa shape index (κ2) is 10.1. The minimum Gasteiger partial charge on any atom is -0.336 e. The number of hydrogen-bond donors (Lipinski definition) is 0. The molecule has 1 aliphatic heterocycles. The summed E-state index contributed by atoms with van der Waals surface area (Å²) in [5, 5.41) is 12.8. The second-order valence-corrected chi connectivity index (χ2v) is 7.64. The molecule has 1 saturated heterocycles. The van der Waals surface area contributed by atoms with Gasteiger partial charge in [-0.15, -0.1) is 10.2 Å². The average Bonchev–Trinajstić information content (AvgIpc) is 3.29. The van der Waals surface area contributed by atoms with Crippen LogP contribution >= 0.6 is 0 Å². The maximum absolute atomic E-state index is 12.5. The number of tetrazole rings is 1. The lowest BCUT2D eigenvalue weighted by atomic mass is 10.1. The first kappa shape index (κ1) is 20.2. The lowest BCUT2D eigenvalue weighted by Crippen LogP contribution is -2.48. The quantitative estimate of drug-likeness (QED) is 0.540. The molecule has 7 nitrogen and oxygen atoms in total. The van der Waals surface area contributed by atoms with Crippen LogP contribution in [-0.2, 0) is 6.54 Å². The third-order valence-corrected chi connectivity index (χ3v) is 5.50. The SMILES string of the molecule is O=C(c1ccccc1)N1CCN(CCCCCn2nnc(-c3ccccc3)n2)CC1. The van der Waals surface area contributed by atoms with Gasteiger partial charge in [0.1, 0.15) is 0 Å². The average molecular weight is 405 g/mol. The van der Waals surface area contributed by atoms with E-state index in [0.29, 0.717) is 5.82 Å². The van der Waals surface area contributed by atoms with Gasteiger partial charge in [-0.2, -0.15) is 4.80 Å². The van der Waals surface area contributed by atoms with E-state index >= 15 is 0 Å². The zero-order valence-electron chi connectivity index (χ0n) is 17.2. The minimum absolute atomic E-state index is 0.144. The highest BCUT2D eigenvalue weighted by molar-refractivity contribution is 5.94. The van der Waals surface area contributed by atoms with E-state index in [-0.39, 0.29) is 5.91 Å². The van der Waals surface area contributed by atoms with Crippen LogP contribution in [0.4, 0.5) is 0 Å². The standard InChI is InChI=1S/C23H28N6O/c30-23(21-12-6-2-7-13-21)28-18-16-27(17-19-28)14-8-3-9-15-29-25-22(24-26-29)20-10-4-1-5-11-20/h1-2,4-7,10-13H,3,8-9,14-19H2. The Morgan fingerprint density at radius 2 is 1.47 bits per heavy atom. The molecule has 156 valence electrons. The van der Waals surface area contributed by atoms with Crippen LogP contribution in [0.3, 0.4) is 0 Å². The summed E-state index contributed by atoms with van der Waals surface area (Å²) < 4.78 is 0. The van der Waals surface area contributed by atoms with Gasteiger partial charge in [0.25, 0.3) is 5.91 Å². The van der Waals surface area contributed by atoms with E-state index in [4.69, 9.17) is 0 Å². The number of carbonyl (C=O) groups is 1. The van der Waals surface area contributed by atoms with Crippen molar-refractivity contribution < 1.29 is 4.79 Å². The van der Waals surface area contributed by atoms with Crippen molar-refractivity contribution in [2.24, 2.45) is 0 Å². The molecule has 0 unspecified atom stereocenters. The summed E-state index contributed by atoms with van der Waals surface area (Å²) in [5.41, 5.74) is 1.77. The lowest BCUT2D eigenvalue weighted by molar-refractivity contribution is 0.0635.